The Balaban J connectivity index is 1.67. The molecule has 0 saturated heterocycles. The van der Waals surface area contributed by atoms with Crippen molar-refractivity contribution in [3.8, 4) is 17.2 Å². The highest BCUT2D eigenvalue weighted by Gasteiger charge is 2.42. The topological polar surface area (TPSA) is 77.1 Å². The maximum absolute atomic E-state index is 13.3. The van der Waals surface area contributed by atoms with Crippen LogP contribution in [0.2, 0.25) is 0 Å². The zero-order valence-electron chi connectivity index (χ0n) is 18.2. The van der Waals surface area contributed by atoms with Crippen molar-refractivity contribution in [2.75, 3.05) is 27.5 Å². The second-order valence-corrected chi connectivity index (χ2v) is 9.04. The van der Waals surface area contributed by atoms with E-state index in [1.54, 1.807) is 7.11 Å². The molecule has 0 unspecified atom stereocenters. The van der Waals surface area contributed by atoms with Crippen molar-refractivity contribution in [3.05, 3.63) is 17.2 Å². The van der Waals surface area contributed by atoms with Crippen molar-refractivity contribution in [1.82, 2.24) is 10.2 Å². The van der Waals surface area contributed by atoms with Gasteiger partial charge in [-0.15, -0.1) is 0 Å². The molecule has 2 heterocycles. The molecule has 1 aromatic rings. The van der Waals surface area contributed by atoms with E-state index < -0.39 is 5.54 Å². The average Bonchev–Trinajstić information content (AvgIpc) is 3.40. The number of carbonyl (C=O) groups excluding carboxylic acids is 2. The number of ketones is 1. The molecule has 0 bridgehead atoms. The van der Waals surface area contributed by atoms with E-state index in [4.69, 9.17) is 14.2 Å². The zero-order chi connectivity index (χ0) is 21.3. The minimum Gasteiger partial charge on any atom is -0.492 e. The number of fused-ring (bicyclic) bond motifs is 2. The summed E-state index contributed by atoms with van der Waals surface area (Å²) in [5.41, 5.74) is 1.25. The second kappa shape index (κ2) is 8.46. The van der Waals surface area contributed by atoms with Crippen LogP contribution in [0.4, 0.5) is 0 Å². The Kier molecular flexibility index (Phi) is 5.91. The Morgan fingerprint density at radius 1 is 1.37 bits per heavy atom. The highest BCUT2D eigenvalue weighted by molar-refractivity contribution is 5.90. The SMILES string of the molecule is COc1c2c(cc3c1[C@@H](C[C@](C)(NC=O)C(=O)CC1CCCC1)N(C)CC3)OCO2. The van der Waals surface area contributed by atoms with Gasteiger partial charge in [0.15, 0.2) is 17.3 Å². The van der Waals surface area contributed by atoms with E-state index in [2.05, 4.69) is 17.3 Å². The first-order chi connectivity index (χ1) is 14.5. The number of Topliss-reactive ketones (excluding diaryl/α,β-unsaturated/α-hetero) is 1. The minimum absolute atomic E-state index is 0.0804. The number of methoxy groups -OCH3 is 1. The molecule has 4 rings (SSSR count). The van der Waals surface area contributed by atoms with E-state index in [0.29, 0.717) is 42.4 Å². The number of nitrogens with zero attached hydrogens (tertiary/aromatic N) is 1. The van der Waals surface area contributed by atoms with Crippen LogP contribution in [-0.4, -0.2) is 50.1 Å². The van der Waals surface area contributed by atoms with Gasteiger partial charge in [0, 0.05) is 24.6 Å². The summed E-state index contributed by atoms with van der Waals surface area (Å²) in [5, 5.41) is 2.87. The number of carbonyl (C=O) groups is 2. The number of rotatable bonds is 8. The van der Waals surface area contributed by atoms with Gasteiger partial charge in [0.05, 0.1) is 12.6 Å². The number of hydrogen-bond acceptors (Lipinski definition) is 6. The summed E-state index contributed by atoms with van der Waals surface area (Å²) in [4.78, 5) is 27.0. The molecular weight excluding hydrogens is 384 g/mol. The van der Waals surface area contributed by atoms with Gasteiger partial charge >= 0.3 is 0 Å². The molecule has 0 radical (unpaired) electrons. The van der Waals surface area contributed by atoms with Gasteiger partial charge in [-0.25, -0.2) is 0 Å². The predicted molar refractivity (Wildman–Crippen MR) is 112 cm³/mol. The Bertz CT molecular complexity index is 820. The van der Waals surface area contributed by atoms with E-state index in [1.165, 1.54) is 12.8 Å². The van der Waals surface area contributed by atoms with E-state index in [9.17, 15) is 9.59 Å². The summed E-state index contributed by atoms with van der Waals surface area (Å²) in [5.74, 6) is 2.55. The average molecular weight is 417 g/mol. The number of nitrogens with one attached hydrogen (secondary N) is 1. The Morgan fingerprint density at radius 3 is 2.83 bits per heavy atom. The van der Waals surface area contributed by atoms with Gasteiger partial charge in [0.25, 0.3) is 0 Å². The molecule has 30 heavy (non-hydrogen) atoms. The summed E-state index contributed by atoms with van der Waals surface area (Å²) >= 11 is 0. The zero-order valence-corrected chi connectivity index (χ0v) is 18.2. The first-order valence-corrected chi connectivity index (χ1v) is 10.9. The quantitative estimate of drug-likeness (QED) is 0.657. The molecule has 0 aromatic heterocycles. The molecule has 1 N–H and O–H groups in total. The summed E-state index contributed by atoms with van der Waals surface area (Å²) < 4.78 is 17.0. The Hall–Kier alpha value is -2.28. The Morgan fingerprint density at radius 2 is 2.13 bits per heavy atom. The van der Waals surface area contributed by atoms with E-state index in [-0.39, 0.29) is 18.6 Å². The van der Waals surface area contributed by atoms with Gasteiger partial charge in [0.2, 0.25) is 19.0 Å². The molecule has 3 aliphatic rings. The lowest BCUT2D eigenvalue weighted by Gasteiger charge is -2.40. The van der Waals surface area contributed by atoms with Crippen LogP contribution in [0.3, 0.4) is 0 Å². The van der Waals surface area contributed by atoms with Crippen molar-refractivity contribution in [2.24, 2.45) is 5.92 Å². The van der Waals surface area contributed by atoms with Crippen LogP contribution in [0, 0.1) is 5.92 Å². The van der Waals surface area contributed by atoms with Gasteiger partial charge in [0.1, 0.15) is 0 Å². The summed E-state index contributed by atoms with van der Waals surface area (Å²) in [7, 11) is 3.69. The lowest BCUT2D eigenvalue weighted by Crippen LogP contribution is -2.52. The first kappa shape index (κ1) is 21.0. The van der Waals surface area contributed by atoms with Gasteiger partial charge in [-0.05, 0) is 44.4 Å². The molecule has 1 saturated carbocycles. The third kappa shape index (κ3) is 3.75. The number of ether oxygens (including phenoxy) is 3. The molecule has 1 fully saturated rings. The van der Waals surface area contributed by atoms with Crippen molar-refractivity contribution in [3.63, 3.8) is 0 Å². The highest BCUT2D eigenvalue weighted by Crippen LogP contribution is 2.50. The van der Waals surface area contributed by atoms with Crippen LogP contribution in [0.5, 0.6) is 17.2 Å². The van der Waals surface area contributed by atoms with Gasteiger partial charge < -0.3 is 19.5 Å². The third-order valence-electron chi connectivity index (χ3n) is 7.09. The molecule has 1 aliphatic carbocycles. The molecule has 7 nitrogen and oxygen atoms in total. The van der Waals surface area contributed by atoms with Gasteiger partial charge in [-0.2, -0.15) is 0 Å². The molecule has 164 valence electrons. The maximum atomic E-state index is 13.3. The minimum atomic E-state index is -0.931. The van der Waals surface area contributed by atoms with Crippen molar-refractivity contribution < 1.29 is 23.8 Å². The fraction of sp³-hybridized carbons (Fsp3) is 0.652. The Labute approximate surface area is 178 Å². The second-order valence-electron chi connectivity index (χ2n) is 9.04. The van der Waals surface area contributed by atoms with Crippen LogP contribution in [0.25, 0.3) is 0 Å². The molecular formula is C23H32N2O5. The fourth-order valence-corrected chi connectivity index (χ4v) is 5.26. The molecule has 2 aliphatic heterocycles. The van der Waals surface area contributed by atoms with Crippen molar-refractivity contribution in [2.45, 2.75) is 63.5 Å². The van der Waals surface area contributed by atoms with Crippen LogP contribution < -0.4 is 19.5 Å². The molecule has 0 spiro atoms. The van der Waals surface area contributed by atoms with E-state index >= 15 is 0 Å². The van der Waals surface area contributed by atoms with Gasteiger partial charge in [-0.3, -0.25) is 14.5 Å². The van der Waals surface area contributed by atoms with Crippen LogP contribution in [-0.2, 0) is 16.0 Å². The summed E-state index contributed by atoms with van der Waals surface area (Å²) in [6, 6.07) is 1.95. The normalized spacial score (nSPS) is 23.0. The van der Waals surface area contributed by atoms with Crippen LogP contribution in [0.15, 0.2) is 6.07 Å². The third-order valence-corrected chi connectivity index (χ3v) is 7.09. The monoisotopic (exact) mass is 416 g/mol. The van der Waals surface area contributed by atoms with Gasteiger partial charge in [-0.1, -0.05) is 25.7 Å². The van der Waals surface area contributed by atoms with Crippen LogP contribution >= 0.6 is 0 Å². The largest absolute Gasteiger partial charge is 0.492 e. The summed E-state index contributed by atoms with van der Waals surface area (Å²) in [6.07, 6.45) is 7.13. The lowest BCUT2D eigenvalue weighted by atomic mass is 9.79. The molecule has 2 atom stereocenters. The number of likely N-dealkylation sites (N-methyl/N-ethyl adjacent to an activating group) is 1. The van der Waals surface area contributed by atoms with E-state index in [0.717, 1.165) is 36.9 Å². The maximum Gasteiger partial charge on any atom is 0.231 e. The molecule has 7 heteroatoms. The number of amides is 1. The van der Waals surface area contributed by atoms with Crippen molar-refractivity contribution >= 4 is 12.2 Å². The standard InChI is InChI=1S/C23H32N2O5/c1-23(24-13-26,19(27)10-15-6-4-5-7-15)12-17-20-16(8-9-25(17)2)11-18-21(22(20)28-3)30-14-29-18/h11,13,15,17H,4-10,12,14H2,1-3H3,(H,24,26)/t17-,23+/m1/s1. The lowest BCUT2D eigenvalue weighted by molar-refractivity contribution is -0.129. The predicted octanol–water partition coefficient (Wildman–Crippen LogP) is 3.00. The smallest absolute Gasteiger partial charge is 0.231 e. The molecule has 1 aromatic carbocycles. The number of hydrogen-bond donors (Lipinski definition) is 1. The van der Waals surface area contributed by atoms with E-state index in [1.807, 2.05) is 13.0 Å². The fourth-order valence-electron chi connectivity index (χ4n) is 5.26. The van der Waals surface area contributed by atoms with Crippen LogP contribution in [0.1, 0.15) is 62.6 Å². The first-order valence-electron chi connectivity index (χ1n) is 10.9. The summed E-state index contributed by atoms with van der Waals surface area (Å²) in [6.45, 7) is 2.90. The van der Waals surface area contributed by atoms with Crippen molar-refractivity contribution in [1.29, 1.82) is 0 Å². The number of benzene rings is 1. The highest BCUT2D eigenvalue weighted by atomic mass is 16.7. The molecule has 1 amide bonds.